The average Bonchev–Trinajstić information content (AvgIpc) is 3.14. The summed E-state index contributed by atoms with van der Waals surface area (Å²) < 4.78 is 33.3. The van der Waals surface area contributed by atoms with Crippen molar-refractivity contribution in [2.45, 2.75) is 69.7 Å². The Hall–Kier alpha value is -4.14. The molecule has 1 aliphatic carbocycles. The van der Waals surface area contributed by atoms with Gasteiger partial charge in [0.05, 0.1) is 33.0 Å². The van der Waals surface area contributed by atoms with Crippen LogP contribution in [0.3, 0.4) is 0 Å². The Morgan fingerprint density at radius 2 is 0.489 bits per heavy atom. The summed E-state index contributed by atoms with van der Waals surface area (Å²) in [6, 6.07) is 49.9. The lowest BCUT2D eigenvalue weighted by Crippen LogP contribution is -2.66. The van der Waals surface area contributed by atoms with E-state index in [2.05, 4.69) is 0 Å². The smallest absolute Gasteiger partial charge is 0.116 e. The Morgan fingerprint density at radius 1 is 0.298 bits per heavy atom. The first-order valence-corrected chi connectivity index (χ1v) is 16.2. The third-order valence-electron chi connectivity index (χ3n) is 8.39. The first-order chi connectivity index (χ1) is 23.2. The molecule has 0 amide bonds. The number of rotatable bonds is 15. The number of aliphatic hydroxyl groups is 1. The van der Waals surface area contributed by atoms with E-state index in [1.54, 1.807) is 0 Å². The summed E-state index contributed by atoms with van der Waals surface area (Å²) in [6.45, 7) is 1.54. The molecular weight excluding hydrogens is 588 g/mol. The van der Waals surface area contributed by atoms with Crippen LogP contribution in [-0.2, 0) is 56.7 Å². The summed E-state index contributed by atoms with van der Waals surface area (Å²) >= 11 is 0. The van der Waals surface area contributed by atoms with Crippen molar-refractivity contribution in [3.8, 4) is 0 Å². The predicted molar refractivity (Wildman–Crippen MR) is 181 cm³/mol. The number of aliphatic hydroxyl groups excluding tert-OH is 1. The highest BCUT2D eigenvalue weighted by molar-refractivity contribution is 5.18. The number of benzene rings is 5. The minimum Gasteiger partial charge on any atom is -0.387 e. The second kappa shape index (κ2) is 17.1. The molecular formula is C41H42O6. The maximum atomic E-state index is 12.2. The normalized spacial score (nSPS) is 22.6. The molecule has 1 N–H and O–H groups in total. The molecule has 5 aromatic carbocycles. The predicted octanol–water partition coefficient (Wildman–Crippen LogP) is 7.29. The van der Waals surface area contributed by atoms with Crippen molar-refractivity contribution in [3.63, 3.8) is 0 Å². The quantitative estimate of drug-likeness (QED) is 0.131. The average molecular weight is 631 g/mol. The van der Waals surface area contributed by atoms with Crippen molar-refractivity contribution in [1.82, 2.24) is 0 Å². The van der Waals surface area contributed by atoms with Crippen LogP contribution < -0.4 is 0 Å². The fourth-order valence-electron chi connectivity index (χ4n) is 5.93. The van der Waals surface area contributed by atoms with Crippen LogP contribution in [0.25, 0.3) is 0 Å². The largest absolute Gasteiger partial charge is 0.387 e. The molecule has 1 fully saturated rings. The van der Waals surface area contributed by atoms with Gasteiger partial charge in [-0.05, 0) is 27.8 Å². The van der Waals surface area contributed by atoms with Gasteiger partial charge in [0.2, 0.25) is 0 Å². The van der Waals surface area contributed by atoms with Gasteiger partial charge in [-0.2, -0.15) is 0 Å². The van der Waals surface area contributed by atoms with Gasteiger partial charge in [0.15, 0.2) is 0 Å². The van der Waals surface area contributed by atoms with Crippen molar-refractivity contribution in [3.05, 3.63) is 179 Å². The molecule has 47 heavy (non-hydrogen) atoms. The van der Waals surface area contributed by atoms with Gasteiger partial charge in [0.1, 0.15) is 36.6 Å². The number of hydrogen-bond acceptors (Lipinski definition) is 6. The van der Waals surface area contributed by atoms with Gasteiger partial charge < -0.3 is 28.8 Å². The third-order valence-corrected chi connectivity index (χ3v) is 8.39. The summed E-state index contributed by atoms with van der Waals surface area (Å²) in [7, 11) is 0. The van der Waals surface area contributed by atoms with Gasteiger partial charge >= 0.3 is 0 Å². The van der Waals surface area contributed by atoms with E-state index >= 15 is 0 Å². The second-order valence-electron chi connectivity index (χ2n) is 11.8. The van der Waals surface area contributed by atoms with Gasteiger partial charge in [-0.25, -0.2) is 0 Å². The summed E-state index contributed by atoms with van der Waals surface area (Å²) in [4.78, 5) is 0. The molecule has 0 aliphatic heterocycles. The van der Waals surface area contributed by atoms with E-state index in [-0.39, 0.29) is 0 Å². The van der Waals surface area contributed by atoms with Crippen LogP contribution >= 0.6 is 0 Å². The van der Waals surface area contributed by atoms with E-state index in [0.717, 1.165) is 27.8 Å². The lowest BCUT2D eigenvalue weighted by Gasteiger charge is -2.48. The zero-order valence-corrected chi connectivity index (χ0v) is 26.4. The van der Waals surface area contributed by atoms with E-state index in [4.69, 9.17) is 23.7 Å². The van der Waals surface area contributed by atoms with E-state index < -0.39 is 36.6 Å². The summed E-state index contributed by atoms with van der Waals surface area (Å²) in [5.41, 5.74) is 5.02. The number of hydrogen-bond donors (Lipinski definition) is 1. The van der Waals surface area contributed by atoms with Crippen LogP contribution in [0, 0.1) is 0 Å². The van der Waals surface area contributed by atoms with E-state index in [1.165, 1.54) is 0 Å². The highest BCUT2D eigenvalue weighted by Gasteiger charge is 2.54. The minimum absolute atomic E-state index is 0.292. The summed E-state index contributed by atoms with van der Waals surface area (Å²) in [5.74, 6) is 0. The van der Waals surface area contributed by atoms with E-state index in [0.29, 0.717) is 33.0 Å². The monoisotopic (exact) mass is 630 g/mol. The van der Waals surface area contributed by atoms with Gasteiger partial charge in [-0.15, -0.1) is 0 Å². The lowest BCUT2D eigenvalue weighted by atomic mass is 9.83. The molecule has 0 bridgehead atoms. The van der Waals surface area contributed by atoms with Crippen LogP contribution in [0.4, 0.5) is 0 Å². The fourth-order valence-corrected chi connectivity index (χ4v) is 5.93. The molecule has 5 aromatic rings. The molecule has 4 unspecified atom stereocenters. The Balaban J connectivity index is 1.35. The van der Waals surface area contributed by atoms with Crippen molar-refractivity contribution in [2.75, 3.05) is 0 Å². The molecule has 6 rings (SSSR count). The number of ether oxygens (including phenoxy) is 5. The highest BCUT2D eigenvalue weighted by Crippen LogP contribution is 2.35. The van der Waals surface area contributed by atoms with E-state index in [9.17, 15) is 5.11 Å². The third kappa shape index (κ3) is 9.24. The first kappa shape index (κ1) is 32.8. The maximum Gasteiger partial charge on any atom is 0.116 e. The van der Waals surface area contributed by atoms with Crippen molar-refractivity contribution in [1.29, 1.82) is 0 Å². The van der Waals surface area contributed by atoms with Gasteiger partial charge in [-0.1, -0.05) is 152 Å². The Morgan fingerprint density at radius 3 is 0.723 bits per heavy atom. The first-order valence-electron chi connectivity index (χ1n) is 16.2. The Kier molecular flexibility index (Phi) is 12.0. The highest BCUT2D eigenvalue weighted by atomic mass is 16.6. The summed E-state index contributed by atoms with van der Waals surface area (Å²) in [6.07, 6.45) is -4.58. The van der Waals surface area contributed by atoms with Crippen LogP contribution in [-0.4, -0.2) is 41.7 Å². The van der Waals surface area contributed by atoms with Gasteiger partial charge in [-0.3, -0.25) is 0 Å². The standard InChI is InChI=1S/C41H42O6/c42-36-37(43-26-31-16-6-1-7-17-31)39(45-28-33-20-10-3-11-21-33)41(47-30-35-24-14-5-15-25-35)40(46-29-34-22-12-4-13-23-34)38(36)44-27-32-18-8-2-9-19-32/h1-25,36-42H,26-30H2/t36-,37?,38?,39?,40?,41+. The summed E-state index contributed by atoms with van der Waals surface area (Å²) in [5, 5.41) is 12.2. The van der Waals surface area contributed by atoms with Crippen LogP contribution in [0.5, 0.6) is 0 Å². The molecule has 1 aliphatic rings. The molecule has 0 aromatic heterocycles. The SMILES string of the molecule is O[C@H]1C(OCc2ccccc2)C(OCc2ccccc2)[C@@H](OCc2ccccc2)C(OCc2ccccc2)C1OCc1ccccc1. The van der Waals surface area contributed by atoms with Crippen LogP contribution in [0.15, 0.2) is 152 Å². The molecule has 6 nitrogen and oxygen atoms in total. The van der Waals surface area contributed by atoms with Crippen LogP contribution in [0.1, 0.15) is 27.8 Å². The minimum atomic E-state index is -1.07. The molecule has 6 heteroatoms. The van der Waals surface area contributed by atoms with Crippen molar-refractivity contribution in [2.24, 2.45) is 0 Å². The molecule has 1 saturated carbocycles. The van der Waals surface area contributed by atoms with Crippen molar-refractivity contribution < 1.29 is 28.8 Å². The molecule has 242 valence electrons. The molecule has 0 heterocycles. The second-order valence-corrected chi connectivity index (χ2v) is 11.8. The molecule has 0 radical (unpaired) electrons. The molecule has 0 spiro atoms. The zero-order valence-electron chi connectivity index (χ0n) is 26.4. The lowest BCUT2D eigenvalue weighted by molar-refractivity contribution is -0.283. The Bertz CT molecular complexity index is 1470. The zero-order chi connectivity index (χ0) is 32.1. The van der Waals surface area contributed by atoms with Crippen molar-refractivity contribution >= 4 is 0 Å². The van der Waals surface area contributed by atoms with Gasteiger partial charge in [0.25, 0.3) is 0 Å². The molecule has 4 atom stereocenters. The maximum absolute atomic E-state index is 12.2. The topological polar surface area (TPSA) is 66.4 Å². The molecule has 0 saturated heterocycles. The Labute approximate surface area is 277 Å². The fraction of sp³-hybridized carbons (Fsp3) is 0.268. The van der Waals surface area contributed by atoms with Gasteiger partial charge in [0, 0.05) is 0 Å². The van der Waals surface area contributed by atoms with Crippen LogP contribution in [0.2, 0.25) is 0 Å². The van der Waals surface area contributed by atoms with E-state index in [1.807, 2.05) is 152 Å².